The molecule has 13 aromatic rings. The highest BCUT2D eigenvalue weighted by molar-refractivity contribution is 7.07. The molecule has 0 aromatic carbocycles. The van der Waals surface area contributed by atoms with Crippen LogP contribution in [-0.4, -0.2) is 91.2 Å². The van der Waals surface area contributed by atoms with Gasteiger partial charge >= 0.3 is 0 Å². The molecule has 0 aliphatic carbocycles. The van der Waals surface area contributed by atoms with E-state index in [0.29, 0.717) is 0 Å². The molecule has 22 nitrogen and oxygen atoms in total. The zero-order chi connectivity index (χ0) is 52.3. The number of hydrogen-bond acceptors (Lipinski definition) is 19. The Labute approximate surface area is 476 Å². The van der Waals surface area contributed by atoms with Crippen molar-refractivity contribution in [2.45, 2.75) is 51.0 Å². The highest BCUT2D eigenvalue weighted by Crippen LogP contribution is 1.91. The quantitative estimate of drug-likeness (QED) is 0.110. The number of nitrogens with one attached hydrogen (secondary N) is 4. The fraction of sp³-hybridized carbons (Fsp3) is 0.123. The number of aliphatic imine (C=N–C) groups is 1. The Morgan fingerprint density at radius 3 is 0.938 bits per heavy atom. The van der Waals surface area contributed by atoms with Gasteiger partial charge in [-0.3, -0.25) is 25.0 Å². The minimum absolute atomic E-state index is 0. The largest absolute Gasteiger partial charge is 0.473 e. The average Bonchev–Trinajstić information content (AvgIpc) is 4.33. The SMILES string of the molecule is C.C.C.C.C.C.C1=CN=CC1.c1c[nH]cn1.c1c[nH]cn1.c1cc[nH]c1.c1ccncc1.c1ccoc1.c1ccoc1.c1ccsc1.c1cn[nH]c1.c1cnccn1.c1cncnc1.c1cocn1.c1cocn1.c1ncncn1. The van der Waals surface area contributed by atoms with Crippen LogP contribution in [0, 0.1) is 0 Å². The summed E-state index contributed by atoms with van der Waals surface area (Å²) in [6, 6.07) is 24.6. The van der Waals surface area contributed by atoms with E-state index in [1.165, 1.54) is 50.6 Å². The van der Waals surface area contributed by atoms with Crippen molar-refractivity contribution in [3.63, 3.8) is 0 Å². The number of imidazole rings is 2. The van der Waals surface area contributed by atoms with Crippen molar-refractivity contribution in [1.82, 2.24) is 85.0 Å². The number of nitrogens with zero attached hydrogens (tertiary/aromatic N) is 14. The summed E-state index contributed by atoms with van der Waals surface area (Å²) in [5, 5.41) is 10.3. The maximum absolute atomic E-state index is 4.58. The van der Waals surface area contributed by atoms with Crippen molar-refractivity contribution in [3.05, 3.63) is 302 Å². The molecule has 0 saturated heterocycles. The Morgan fingerprint density at radius 1 is 0.325 bits per heavy atom. The van der Waals surface area contributed by atoms with Gasteiger partial charge in [-0.15, -0.1) is 0 Å². The number of aromatic nitrogens is 17. The fourth-order valence-corrected chi connectivity index (χ4v) is 3.74. The van der Waals surface area contributed by atoms with Gasteiger partial charge in [0.15, 0.2) is 12.8 Å². The first-order valence-corrected chi connectivity index (χ1v) is 22.3. The zero-order valence-electron chi connectivity index (χ0n) is 39.9. The van der Waals surface area contributed by atoms with E-state index < -0.39 is 0 Å². The van der Waals surface area contributed by atoms with Crippen LogP contribution in [0.25, 0.3) is 0 Å². The molecule has 0 radical (unpaired) electrons. The number of furan rings is 2. The van der Waals surface area contributed by atoms with E-state index in [1.54, 1.807) is 160 Å². The minimum Gasteiger partial charge on any atom is -0.473 e. The van der Waals surface area contributed by atoms with Crippen molar-refractivity contribution in [2.24, 2.45) is 4.99 Å². The molecule has 13 aromatic heterocycles. The van der Waals surface area contributed by atoms with Crippen LogP contribution >= 0.6 is 11.3 Å². The van der Waals surface area contributed by atoms with Crippen molar-refractivity contribution in [3.8, 4) is 0 Å². The van der Waals surface area contributed by atoms with Crippen LogP contribution < -0.4 is 0 Å². The topological polar surface area (TPSA) is 296 Å². The number of hydrogen-bond donors (Lipinski definition) is 4. The lowest BCUT2D eigenvalue weighted by Gasteiger charge is -1.70. The van der Waals surface area contributed by atoms with Gasteiger partial charge in [0.25, 0.3) is 0 Å². The Hall–Kier alpha value is -10.7. The van der Waals surface area contributed by atoms with Crippen molar-refractivity contribution < 1.29 is 17.7 Å². The Kier molecular flexibility index (Phi) is 77.9. The molecule has 0 fully saturated rings. The normalized spacial score (nSPS) is 8.00. The fourth-order valence-electron chi connectivity index (χ4n) is 3.28. The van der Waals surface area contributed by atoms with Gasteiger partial charge in [0.1, 0.15) is 37.8 Å². The summed E-state index contributed by atoms with van der Waals surface area (Å²) in [7, 11) is 0. The second-order valence-electron chi connectivity index (χ2n) is 11.5. The average molecular weight is 1110 g/mol. The van der Waals surface area contributed by atoms with Gasteiger partial charge < -0.3 is 32.6 Å². The Bertz CT molecular complexity index is 1900. The van der Waals surface area contributed by atoms with Crippen LogP contribution in [0.5, 0.6) is 0 Å². The Balaban J connectivity index is -0.000000183. The monoisotopic (exact) mass is 1110 g/mol. The lowest BCUT2D eigenvalue weighted by molar-refractivity contribution is 0.557. The molecule has 80 heavy (non-hydrogen) atoms. The second-order valence-corrected chi connectivity index (χ2v) is 12.3. The number of allylic oxidation sites excluding steroid dienone is 1. The van der Waals surface area contributed by atoms with Crippen LogP contribution in [0.2, 0.25) is 0 Å². The molecule has 0 bridgehead atoms. The third kappa shape index (κ3) is 73.9. The highest BCUT2D eigenvalue weighted by Gasteiger charge is 1.73. The van der Waals surface area contributed by atoms with Gasteiger partial charge in [-0.05, 0) is 71.4 Å². The van der Waals surface area contributed by atoms with Crippen molar-refractivity contribution >= 4 is 17.6 Å². The Morgan fingerprint density at radius 2 is 0.800 bits per heavy atom. The van der Waals surface area contributed by atoms with Gasteiger partial charge in [0.2, 0.25) is 0 Å². The second kappa shape index (κ2) is 77.2. The summed E-state index contributed by atoms with van der Waals surface area (Å²) < 4.78 is 18.1. The summed E-state index contributed by atoms with van der Waals surface area (Å²) in [5.41, 5.74) is 0. The van der Waals surface area contributed by atoms with Gasteiger partial charge in [0, 0.05) is 118 Å². The van der Waals surface area contributed by atoms with Crippen molar-refractivity contribution in [1.29, 1.82) is 0 Å². The van der Waals surface area contributed by atoms with Gasteiger partial charge in [0.05, 0.1) is 50.1 Å². The molecular formula is C57H80N18O4S. The molecule has 0 spiro atoms. The first-order chi connectivity index (χ1) is 37.0. The first-order valence-electron chi connectivity index (χ1n) is 21.4. The number of pyridine rings is 1. The molecule has 1 aliphatic heterocycles. The van der Waals surface area contributed by atoms with Crippen LogP contribution in [0.1, 0.15) is 51.0 Å². The molecule has 14 rings (SSSR count). The molecule has 428 valence electrons. The minimum atomic E-state index is 0. The van der Waals surface area contributed by atoms with Crippen LogP contribution in [0.4, 0.5) is 0 Å². The molecule has 23 heteroatoms. The molecule has 0 saturated carbocycles. The zero-order valence-corrected chi connectivity index (χ0v) is 40.7. The molecule has 1 aliphatic rings. The predicted molar refractivity (Wildman–Crippen MR) is 322 cm³/mol. The first kappa shape index (κ1) is 80.7. The van der Waals surface area contributed by atoms with Gasteiger partial charge in [-0.25, -0.2) is 44.9 Å². The number of thiophene rings is 1. The lowest BCUT2D eigenvalue weighted by atomic mass is 10.5. The molecule has 0 amide bonds. The van der Waals surface area contributed by atoms with E-state index >= 15 is 0 Å². The van der Waals surface area contributed by atoms with E-state index in [1.807, 2.05) is 108 Å². The number of H-pyrrole nitrogens is 4. The maximum atomic E-state index is 4.58. The van der Waals surface area contributed by atoms with E-state index in [0.717, 1.165) is 6.42 Å². The summed E-state index contributed by atoms with van der Waals surface area (Å²) in [6.07, 6.45) is 58.8. The van der Waals surface area contributed by atoms with E-state index in [4.69, 9.17) is 0 Å². The summed E-state index contributed by atoms with van der Waals surface area (Å²) in [5.74, 6) is 0. The van der Waals surface area contributed by atoms with Crippen molar-refractivity contribution in [2.75, 3.05) is 0 Å². The smallest absolute Gasteiger partial charge is 0.180 e. The highest BCUT2D eigenvalue weighted by atomic mass is 32.1. The molecule has 0 atom stereocenters. The number of aromatic amines is 4. The number of oxazole rings is 2. The van der Waals surface area contributed by atoms with Gasteiger partial charge in [-0.2, -0.15) is 16.4 Å². The van der Waals surface area contributed by atoms with E-state index in [-0.39, 0.29) is 44.6 Å². The third-order valence-corrected chi connectivity index (χ3v) is 6.77. The standard InChI is InChI=1S/C5H5N.2C4H4N2.2C4H5N.2C4H4O.C4H4S.C3H3N3.3C3H4N2.2C3H3NO.6CH4/c1-2-4-6-5-3-1;1-2-6-4-3-5-1;1-2-5-4-6-3-1;5*1-2-4-5-3-1;1-4-2-6-3-5-1;2*1-2-5-3-4-1;1-2-4-5-3-1;2*1-2-5-3-4-1;;;;;;/h1-5H;2*1-4H;1,3-4H,2H2;1-5H;3*1-4H;1-3H;3*1-3H,(H,4,5);2*1-3H;6*1H4. The van der Waals surface area contributed by atoms with Crippen LogP contribution in [0.3, 0.4) is 0 Å². The lowest BCUT2D eigenvalue weighted by Crippen LogP contribution is -1.73. The number of rotatable bonds is 0. The predicted octanol–water partition coefficient (Wildman–Crippen LogP) is 14.6. The maximum Gasteiger partial charge on any atom is 0.180 e. The van der Waals surface area contributed by atoms with Crippen LogP contribution in [0.15, 0.2) is 324 Å². The molecule has 0 unspecified atom stereocenters. The summed E-state index contributed by atoms with van der Waals surface area (Å²) in [4.78, 5) is 55.8. The summed E-state index contributed by atoms with van der Waals surface area (Å²) >= 11 is 1.71. The third-order valence-electron chi connectivity index (χ3n) is 6.14. The molecular weight excluding hydrogens is 1030 g/mol. The summed E-state index contributed by atoms with van der Waals surface area (Å²) in [6.45, 7) is 0. The van der Waals surface area contributed by atoms with Crippen LogP contribution in [-0.2, 0) is 0 Å². The van der Waals surface area contributed by atoms with Gasteiger partial charge in [-0.1, -0.05) is 68.8 Å². The van der Waals surface area contributed by atoms with E-state index in [2.05, 4.69) is 108 Å². The molecule has 14 heterocycles. The molecule has 4 N–H and O–H groups in total. The van der Waals surface area contributed by atoms with E-state index in [9.17, 15) is 0 Å².